The molecule has 0 rings (SSSR count). The molecule has 0 aromatic rings. The summed E-state index contributed by atoms with van der Waals surface area (Å²) < 4.78 is 0. The van der Waals surface area contributed by atoms with Crippen molar-refractivity contribution in [3.8, 4) is 0 Å². The molecule has 0 heterocycles. The van der Waals surface area contributed by atoms with Gasteiger partial charge in [0.15, 0.2) is 0 Å². The van der Waals surface area contributed by atoms with Crippen molar-refractivity contribution in [2.24, 2.45) is 0 Å². The topological polar surface area (TPSA) is 66.4 Å². The first-order valence-electron chi connectivity index (χ1n) is 11.3. The van der Waals surface area contributed by atoms with Gasteiger partial charge in [0, 0.05) is 6.42 Å². The molecule has 1 atom stereocenters. The summed E-state index contributed by atoms with van der Waals surface area (Å²) in [5.41, 5.74) is 0. The minimum Gasteiger partial charge on any atom is -0.480 e. The molecule has 0 aliphatic heterocycles. The molecule has 0 aromatic carbocycles. The second-order valence-corrected chi connectivity index (χ2v) is 9.54. The van der Waals surface area contributed by atoms with E-state index in [1.54, 1.807) is 11.8 Å². The first-order valence-corrected chi connectivity index (χ1v) is 14.1. The molecule has 1 unspecified atom stereocenters. The van der Waals surface area contributed by atoms with Crippen molar-refractivity contribution in [3.05, 3.63) is 12.2 Å². The molecule has 6 heteroatoms. The summed E-state index contributed by atoms with van der Waals surface area (Å²) in [6, 6.07) is -0.748. The summed E-state index contributed by atoms with van der Waals surface area (Å²) in [6.07, 6.45) is 24.3. The van der Waals surface area contributed by atoms with Crippen LogP contribution in [-0.2, 0) is 9.59 Å². The van der Waals surface area contributed by atoms with Crippen LogP contribution >= 0.6 is 23.5 Å². The van der Waals surface area contributed by atoms with Crippen LogP contribution in [0.3, 0.4) is 0 Å². The van der Waals surface area contributed by atoms with Crippen LogP contribution in [0.4, 0.5) is 0 Å². The van der Waals surface area contributed by atoms with E-state index in [1.807, 2.05) is 18.0 Å². The molecule has 0 bridgehead atoms. The van der Waals surface area contributed by atoms with Gasteiger partial charge in [0.1, 0.15) is 6.04 Å². The zero-order valence-electron chi connectivity index (χ0n) is 18.6. The van der Waals surface area contributed by atoms with Gasteiger partial charge in [-0.3, -0.25) is 4.79 Å². The van der Waals surface area contributed by atoms with Crippen molar-refractivity contribution in [1.82, 2.24) is 5.32 Å². The third-order valence-corrected chi connectivity index (χ3v) is 6.25. The molecule has 4 nitrogen and oxygen atoms in total. The van der Waals surface area contributed by atoms with Crippen molar-refractivity contribution in [2.45, 2.75) is 95.9 Å². The largest absolute Gasteiger partial charge is 0.480 e. The van der Waals surface area contributed by atoms with E-state index in [0.29, 0.717) is 12.8 Å². The molecule has 29 heavy (non-hydrogen) atoms. The Kier molecular flexibility index (Phi) is 21.6. The van der Waals surface area contributed by atoms with Gasteiger partial charge >= 0.3 is 5.97 Å². The van der Waals surface area contributed by atoms with Crippen molar-refractivity contribution in [2.75, 3.05) is 24.0 Å². The molecule has 0 spiro atoms. The highest BCUT2D eigenvalue weighted by atomic mass is 32.2. The smallest absolute Gasteiger partial charge is 0.326 e. The monoisotopic (exact) mass is 445 g/mol. The highest BCUT2D eigenvalue weighted by molar-refractivity contribution is 7.98. The molecule has 1 amide bonds. The number of aliphatic carboxylic acids is 1. The molecule has 0 aromatic heterocycles. The molecule has 0 fully saturated rings. The summed E-state index contributed by atoms with van der Waals surface area (Å²) >= 11 is 3.54. The molecular weight excluding hydrogens is 402 g/mol. The fourth-order valence-electron chi connectivity index (χ4n) is 3.11. The number of carbonyl (C=O) groups is 2. The fraction of sp³-hybridized carbons (Fsp3) is 0.826. The number of rotatable bonds is 21. The highest BCUT2D eigenvalue weighted by Gasteiger charge is 2.18. The van der Waals surface area contributed by atoms with Crippen LogP contribution in [0.2, 0.25) is 0 Å². The second-order valence-electron chi connectivity index (χ2n) is 7.57. The quantitative estimate of drug-likeness (QED) is 0.160. The molecule has 2 N–H and O–H groups in total. The maximum atomic E-state index is 11.9. The molecule has 170 valence electrons. The van der Waals surface area contributed by atoms with Crippen molar-refractivity contribution < 1.29 is 14.7 Å². The van der Waals surface area contributed by atoms with E-state index in [2.05, 4.69) is 23.7 Å². The van der Waals surface area contributed by atoms with E-state index in [1.165, 1.54) is 57.1 Å². The standard InChI is InChI=1S/C23H43NO3S2/c1-28-19-16-14-12-10-8-6-4-3-5-7-9-11-13-15-17-22(25)24-21(23(26)27)18-20-29-2/h3-4,21H,5-20H2,1-2H3,(H,24,25)(H,26,27)/b4-3-. The fourth-order valence-corrected chi connectivity index (χ4v) is 4.08. The normalized spacial score (nSPS) is 12.3. The van der Waals surface area contributed by atoms with Gasteiger partial charge in [-0.25, -0.2) is 4.79 Å². The molecule has 0 aliphatic carbocycles. The number of allylic oxidation sites excluding steroid dienone is 2. The van der Waals surface area contributed by atoms with Gasteiger partial charge in [-0.1, -0.05) is 50.7 Å². The first kappa shape index (κ1) is 28.4. The molecule has 0 radical (unpaired) electrons. The predicted molar refractivity (Wildman–Crippen MR) is 130 cm³/mol. The Morgan fingerprint density at radius 2 is 1.31 bits per heavy atom. The van der Waals surface area contributed by atoms with Gasteiger partial charge < -0.3 is 10.4 Å². The van der Waals surface area contributed by atoms with Crippen LogP contribution in [0.5, 0.6) is 0 Å². The average Bonchev–Trinajstić information content (AvgIpc) is 2.70. The number of thioether (sulfide) groups is 2. The average molecular weight is 446 g/mol. The Morgan fingerprint density at radius 3 is 1.86 bits per heavy atom. The summed E-state index contributed by atoms with van der Waals surface area (Å²) in [4.78, 5) is 23.0. The SMILES string of the molecule is CSCCCCCCC/C=C\CCCCCCCC(=O)NC(CCSC)C(=O)O. The van der Waals surface area contributed by atoms with E-state index in [4.69, 9.17) is 5.11 Å². The van der Waals surface area contributed by atoms with Crippen molar-refractivity contribution in [3.63, 3.8) is 0 Å². The first-order chi connectivity index (χ1) is 14.1. The van der Waals surface area contributed by atoms with Crippen molar-refractivity contribution >= 4 is 35.4 Å². The molecular formula is C23H43NO3S2. The van der Waals surface area contributed by atoms with Crippen LogP contribution in [0.25, 0.3) is 0 Å². The summed E-state index contributed by atoms with van der Waals surface area (Å²) in [5, 5.41) is 11.8. The van der Waals surface area contributed by atoms with Crippen LogP contribution in [0, 0.1) is 0 Å². The summed E-state index contributed by atoms with van der Waals surface area (Å²) in [7, 11) is 0. The van der Waals surface area contributed by atoms with E-state index in [9.17, 15) is 9.59 Å². The second kappa shape index (κ2) is 22.1. The van der Waals surface area contributed by atoms with Gasteiger partial charge in [0.2, 0.25) is 5.91 Å². The van der Waals surface area contributed by atoms with Crippen LogP contribution in [0.15, 0.2) is 12.2 Å². The maximum Gasteiger partial charge on any atom is 0.326 e. The van der Waals surface area contributed by atoms with Gasteiger partial charge in [-0.2, -0.15) is 23.5 Å². The zero-order chi connectivity index (χ0) is 21.6. The Hall–Kier alpha value is -0.620. The lowest BCUT2D eigenvalue weighted by Crippen LogP contribution is -2.41. The lowest BCUT2D eigenvalue weighted by atomic mass is 10.1. The maximum absolute atomic E-state index is 11.9. The van der Waals surface area contributed by atoms with Crippen LogP contribution in [0.1, 0.15) is 89.9 Å². The predicted octanol–water partition coefficient (Wildman–Crippen LogP) is 6.30. The van der Waals surface area contributed by atoms with E-state index in [0.717, 1.165) is 31.4 Å². The zero-order valence-corrected chi connectivity index (χ0v) is 20.3. The number of carbonyl (C=O) groups excluding carboxylic acids is 1. The Balaban J connectivity index is 3.45. The molecule has 0 saturated heterocycles. The number of nitrogens with one attached hydrogen (secondary N) is 1. The summed E-state index contributed by atoms with van der Waals surface area (Å²) in [6.45, 7) is 0. The van der Waals surface area contributed by atoms with Gasteiger partial charge in [-0.05, 0) is 69.0 Å². The number of amides is 1. The molecule has 0 saturated carbocycles. The number of hydrogen-bond acceptors (Lipinski definition) is 4. The highest BCUT2D eigenvalue weighted by Crippen LogP contribution is 2.10. The van der Waals surface area contributed by atoms with Gasteiger partial charge in [0.25, 0.3) is 0 Å². The Bertz CT molecular complexity index is 430. The van der Waals surface area contributed by atoms with E-state index in [-0.39, 0.29) is 5.91 Å². The number of carboxylic acids is 1. The van der Waals surface area contributed by atoms with Crippen molar-refractivity contribution in [1.29, 1.82) is 0 Å². The van der Waals surface area contributed by atoms with E-state index < -0.39 is 12.0 Å². The number of hydrogen-bond donors (Lipinski definition) is 2. The lowest BCUT2D eigenvalue weighted by Gasteiger charge is -2.13. The van der Waals surface area contributed by atoms with Crippen LogP contribution in [-0.4, -0.2) is 47.0 Å². The van der Waals surface area contributed by atoms with Crippen LogP contribution < -0.4 is 5.32 Å². The van der Waals surface area contributed by atoms with Gasteiger partial charge in [0.05, 0.1) is 0 Å². The lowest BCUT2D eigenvalue weighted by molar-refractivity contribution is -0.141. The summed E-state index contributed by atoms with van der Waals surface area (Å²) in [5.74, 6) is 0.970. The third-order valence-electron chi connectivity index (χ3n) is 4.90. The molecule has 0 aliphatic rings. The minimum absolute atomic E-state index is 0.134. The third kappa shape index (κ3) is 20.4. The minimum atomic E-state index is -0.938. The number of unbranched alkanes of at least 4 members (excludes halogenated alkanes) is 10. The Labute approximate surface area is 187 Å². The van der Waals surface area contributed by atoms with E-state index >= 15 is 0 Å². The Morgan fingerprint density at radius 1 is 0.793 bits per heavy atom. The number of carboxylic acid groups (broad SMARTS) is 1. The van der Waals surface area contributed by atoms with Gasteiger partial charge in [-0.15, -0.1) is 0 Å².